The Morgan fingerprint density at radius 3 is 2.39 bits per heavy atom. The number of ether oxygens (including phenoxy) is 3. The number of benzene rings is 2. The van der Waals surface area contributed by atoms with Gasteiger partial charge in [0.15, 0.2) is 0 Å². The van der Waals surface area contributed by atoms with Crippen LogP contribution in [0.15, 0.2) is 59.4 Å². The number of esters is 2. The topological polar surface area (TPSA) is 132 Å². The first-order valence-corrected chi connectivity index (χ1v) is 13.9. The van der Waals surface area contributed by atoms with E-state index in [0.717, 1.165) is 10.2 Å². The van der Waals surface area contributed by atoms with E-state index >= 15 is 0 Å². The largest absolute Gasteiger partial charge is 0.494 e. The molecule has 1 amide bonds. The van der Waals surface area contributed by atoms with E-state index in [1.54, 1.807) is 44.0 Å². The summed E-state index contributed by atoms with van der Waals surface area (Å²) < 4.78 is 16.5. The molecule has 0 aliphatic carbocycles. The second-order valence-electron chi connectivity index (χ2n) is 8.93. The lowest BCUT2D eigenvalue weighted by Crippen LogP contribution is -2.36. The molecule has 1 heterocycles. The molecular formula is C29H34BrN5O6. The third kappa shape index (κ3) is 9.54. The fourth-order valence-corrected chi connectivity index (χ4v) is 4.41. The first-order chi connectivity index (χ1) is 19.7. The van der Waals surface area contributed by atoms with Gasteiger partial charge in [-0.1, -0.05) is 28.1 Å². The van der Waals surface area contributed by atoms with Crippen molar-refractivity contribution in [2.24, 2.45) is 0 Å². The highest BCUT2D eigenvalue weighted by atomic mass is 79.9. The number of methoxy groups -OCH3 is 1. The molecule has 0 bridgehead atoms. The average Bonchev–Trinajstić information content (AvgIpc) is 2.93. The number of fused-ring (bicyclic) bond motifs is 1. The Morgan fingerprint density at radius 1 is 1.05 bits per heavy atom. The average molecular weight is 629 g/mol. The molecule has 0 radical (unpaired) electrons. The molecule has 0 saturated carbocycles. The Morgan fingerprint density at radius 2 is 1.76 bits per heavy atom. The molecular weight excluding hydrogens is 594 g/mol. The number of likely N-dealkylation sites (N-methyl/N-ethyl adjacent to an activating group) is 1. The van der Waals surface area contributed by atoms with Crippen LogP contribution in [0, 0.1) is 0 Å². The van der Waals surface area contributed by atoms with Crippen molar-refractivity contribution in [3.63, 3.8) is 0 Å². The van der Waals surface area contributed by atoms with Gasteiger partial charge < -0.3 is 24.8 Å². The van der Waals surface area contributed by atoms with Crippen molar-refractivity contribution in [3.05, 3.63) is 59.4 Å². The highest BCUT2D eigenvalue weighted by Crippen LogP contribution is 2.33. The number of nitrogens with zero attached hydrogens (tertiary/aromatic N) is 3. The zero-order chi connectivity index (χ0) is 29.8. The molecule has 2 aromatic carbocycles. The van der Waals surface area contributed by atoms with Gasteiger partial charge in [-0.3, -0.25) is 19.3 Å². The zero-order valence-corrected chi connectivity index (χ0v) is 25.1. The summed E-state index contributed by atoms with van der Waals surface area (Å²) in [6.07, 6.45) is 4.53. The van der Waals surface area contributed by atoms with Crippen LogP contribution in [-0.4, -0.2) is 72.7 Å². The monoisotopic (exact) mass is 627 g/mol. The number of hydrogen-bond donors (Lipinski definition) is 2. The molecule has 0 spiro atoms. The maximum Gasteiger partial charge on any atom is 0.307 e. The Kier molecular flexibility index (Phi) is 12.0. The van der Waals surface area contributed by atoms with Crippen molar-refractivity contribution in [2.45, 2.75) is 32.7 Å². The molecule has 218 valence electrons. The van der Waals surface area contributed by atoms with Crippen LogP contribution in [0.25, 0.3) is 10.9 Å². The van der Waals surface area contributed by atoms with E-state index in [0.29, 0.717) is 34.7 Å². The summed E-state index contributed by atoms with van der Waals surface area (Å²) in [5.41, 5.74) is 1.91. The van der Waals surface area contributed by atoms with E-state index in [4.69, 9.17) is 14.2 Å². The third-order valence-electron chi connectivity index (χ3n) is 6.00. The van der Waals surface area contributed by atoms with Gasteiger partial charge in [0.25, 0.3) is 0 Å². The number of carbonyl (C=O) groups excluding carboxylic acids is 3. The van der Waals surface area contributed by atoms with Crippen molar-refractivity contribution >= 4 is 61.9 Å². The van der Waals surface area contributed by atoms with Gasteiger partial charge in [-0.2, -0.15) is 0 Å². The van der Waals surface area contributed by atoms with Crippen LogP contribution < -0.4 is 15.4 Å². The molecule has 3 rings (SSSR count). The second-order valence-corrected chi connectivity index (χ2v) is 9.85. The molecule has 11 nitrogen and oxygen atoms in total. The van der Waals surface area contributed by atoms with E-state index in [9.17, 15) is 14.4 Å². The molecule has 0 aliphatic heterocycles. The van der Waals surface area contributed by atoms with E-state index in [-0.39, 0.29) is 32.0 Å². The van der Waals surface area contributed by atoms with Gasteiger partial charge in [0.2, 0.25) is 5.91 Å². The first-order valence-electron chi connectivity index (χ1n) is 13.1. The highest BCUT2D eigenvalue weighted by Gasteiger charge is 2.23. The minimum Gasteiger partial charge on any atom is -0.494 e. The molecule has 0 aliphatic rings. The zero-order valence-electron chi connectivity index (χ0n) is 23.5. The van der Waals surface area contributed by atoms with Crippen molar-refractivity contribution in [3.8, 4) is 5.75 Å². The minimum absolute atomic E-state index is 0.0237. The number of nitrogens with one attached hydrogen (secondary N) is 2. The molecule has 12 heteroatoms. The number of carbonyl (C=O) groups is 3. The minimum atomic E-state index is -0.447. The standard InChI is InChI=1S/C29H34BrN5O6/c1-5-40-27(37)14-21(15-28(38)41-6-2)35(3)12-8-11-26(36)34-24-16-22-23(17-25(24)39-4)31-18-32-29(22)33-20-10-7-9-19(30)13-20/h7-11,13,16-18,21H,5-6,12,14-15H2,1-4H3,(H,34,36)(H,31,32,33)/b11-8+. The van der Waals surface area contributed by atoms with Gasteiger partial charge in [0.05, 0.1) is 44.4 Å². The lowest BCUT2D eigenvalue weighted by atomic mass is 10.1. The van der Waals surface area contributed by atoms with Crippen LogP contribution >= 0.6 is 15.9 Å². The number of rotatable bonds is 14. The second kappa shape index (κ2) is 15.7. The lowest BCUT2D eigenvalue weighted by molar-refractivity contribution is -0.147. The van der Waals surface area contributed by atoms with E-state index in [1.807, 2.05) is 24.3 Å². The van der Waals surface area contributed by atoms with Crippen LogP contribution in [0.1, 0.15) is 26.7 Å². The van der Waals surface area contributed by atoms with Crippen LogP contribution in [0.2, 0.25) is 0 Å². The normalized spacial score (nSPS) is 11.2. The molecule has 0 unspecified atom stereocenters. The Labute approximate surface area is 247 Å². The maximum absolute atomic E-state index is 12.8. The van der Waals surface area contributed by atoms with Crippen molar-refractivity contribution in [1.82, 2.24) is 14.9 Å². The number of amides is 1. The summed E-state index contributed by atoms with van der Waals surface area (Å²) in [5, 5.41) is 6.82. The predicted octanol–water partition coefficient (Wildman–Crippen LogP) is 4.85. The SMILES string of the molecule is CCOC(=O)CC(CC(=O)OCC)N(C)C/C=C/C(=O)Nc1cc2c(Nc3cccc(Br)c3)ncnc2cc1OC. The number of halogens is 1. The number of aromatic nitrogens is 2. The fourth-order valence-electron chi connectivity index (χ4n) is 4.01. The van der Waals surface area contributed by atoms with Crippen LogP contribution in [0.4, 0.5) is 17.2 Å². The Balaban J connectivity index is 1.73. The van der Waals surface area contributed by atoms with Gasteiger partial charge in [-0.15, -0.1) is 0 Å². The summed E-state index contributed by atoms with van der Waals surface area (Å²) in [7, 11) is 3.27. The Hall–Kier alpha value is -4.03. The summed E-state index contributed by atoms with van der Waals surface area (Å²) >= 11 is 3.47. The lowest BCUT2D eigenvalue weighted by Gasteiger charge is -2.25. The molecule has 0 saturated heterocycles. The fraction of sp³-hybridized carbons (Fsp3) is 0.345. The van der Waals surface area contributed by atoms with Gasteiger partial charge >= 0.3 is 11.9 Å². The molecule has 2 N–H and O–H groups in total. The highest BCUT2D eigenvalue weighted by molar-refractivity contribution is 9.10. The first kappa shape index (κ1) is 31.5. The van der Waals surface area contributed by atoms with Crippen molar-refractivity contribution in [1.29, 1.82) is 0 Å². The van der Waals surface area contributed by atoms with Crippen LogP contribution in [0.3, 0.4) is 0 Å². The van der Waals surface area contributed by atoms with E-state index in [1.165, 1.54) is 19.5 Å². The number of hydrogen-bond acceptors (Lipinski definition) is 10. The van der Waals surface area contributed by atoms with E-state index in [2.05, 4.69) is 36.5 Å². The predicted molar refractivity (Wildman–Crippen MR) is 160 cm³/mol. The number of anilines is 3. The smallest absolute Gasteiger partial charge is 0.307 e. The maximum atomic E-state index is 12.8. The summed E-state index contributed by atoms with van der Waals surface area (Å²) in [4.78, 5) is 47.5. The molecule has 3 aromatic rings. The molecule has 41 heavy (non-hydrogen) atoms. The van der Waals surface area contributed by atoms with Gasteiger partial charge in [0.1, 0.15) is 17.9 Å². The molecule has 1 aromatic heterocycles. The summed E-state index contributed by atoms with van der Waals surface area (Å²) in [6, 6.07) is 10.7. The quantitative estimate of drug-likeness (QED) is 0.189. The Bertz CT molecular complexity index is 1380. The van der Waals surface area contributed by atoms with Crippen LogP contribution in [0.5, 0.6) is 5.75 Å². The van der Waals surface area contributed by atoms with E-state index < -0.39 is 18.0 Å². The summed E-state index contributed by atoms with van der Waals surface area (Å²) in [6.45, 7) is 4.25. The molecule has 0 fully saturated rings. The van der Waals surface area contributed by atoms with Crippen LogP contribution in [-0.2, 0) is 23.9 Å². The van der Waals surface area contributed by atoms with Gasteiger partial charge in [0, 0.05) is 40.3 Å². The molecule has 0 atom stereocenters. The van der Waals surface area contributed by atoms with Gasteiger partial charge in [-0.05, 0) is 45.2 Å². The van der Waals surface area contributed by atoms with Crippen molar-refractivity contribution in [2.75, 3.05) is 44.5 Å². The summed E-state index contributed by atoms with van der Waals surface area (Å²) in [5.74, 6) is -0.195. The van der Waals surface area contributed by atoms with Crippen molar-refractivity contribution < 1.29 is 28.6 Å². The van der Waals surface area contributed by atoms with Gasteiger partial charge in [-0.25, -0.2) is 9.97 Å². The third-order valence-corrected chi connectivity index (χ3v) is 6.50.